The maximum Gasteiger partial charge on any atom is 0.168 e. The monoisotopic (exact) mass is 317 g/mol. The summed E-state index contributed by atoms with van der Waals surface area (Å²) in [6, 6.07) is 0. The van der Waals surface area contributed by atoms with Gasteiger partial charge < -0.3 is 0 Å². The second kappa shape index (κ2) is 8.82. The molecule has 23 heavy (non-hydrogen) atoms. The average Bonchev–Trinajstić information content (AvgIpc) is 2.55. The van der Waals surface area contributed by atoms with Crippen molar-refractivity contribution in [2.75, 3.05) is 6.61 Å². The van der Waals surface area contributed by atoms with Gasteiger partial charge in [-0.05, 0) is 37.5 Å². The molecule has 0 aromatic heterocycles. The summed E-state index contributed by atoms with van der Waals surface area (Å²) in [7, 11) is 0. The van der Waals surface area contributed by atoms with Crippen LogP contribution in [-0.2, 0) is 14.4 Å². The van der Waals surface area contributed by atoms with Crippen molar-refractivity contribution >= 4 is 11.6 Å². The molecule has 0 amide bonds. The predicted molar refractivity (Wildman–Crippen MR) is 90.4 cm³/mol. The molecule has 2 aliphatic rings. The number of carbonyl (C=O) groups is 2. The fourth-order valence-electron chi connectivity index (χ4n) is 3.49. The van der Waals surface area contributed by atoms with Crippen LogP contribution in [0, 0.1) is 11.8 Å². The topological polar surface area (TPSA) is 55.4 Å². The SMILES string of the molecule is C=CCONC(CCC)=C1C(=O)CC(C2CC=CCC2)CC1=O. The first-order chi connectivity index (χ1) is 11.2. The van der Waals surface area contributed by atoms with Gasteiger partial charge in [0.05, 0.1) is 17.9 Å². The highest BCUT2D eigenvalue weighted by molar-refractivity contribution is 6.22. The minimum Gasteiger partial charge on any atom is -0.294 e. The number of Topliss-reactive ketones (excluding diaryl/α,β-unsaturated/α-hetero) is 2. The highest BCUT2D eigenvalue weighted by Gasteiger charge is 2.36. The number of ketones is 2. The van der Waals surface area contributed by atoms with E-state index >= 15 is 0 Å². The highest BCUT2D eigenvalue weighted by atomic mass is 16.6. The van der Waals surface area contributed by atoms with Gasteiger partial charge in [0.25, 0.3) is 0 Å². The summed E-state index contributed by atoms with van der Waals surface area (Å²) in [5, 5.41) is 0. The molecule has 2 aliphatic carbocycles. The van der Waals surface area contributed by atoms with Crippen LogP contribution in [0.5, 0.6) is 0 Å². The zero-order valence-electron chi connectivity index (χ0n) is 14.0. The summed E-state index contributed by atoms with van der Waals surface area (Å²) in [5.74, 6) is 0.604. The molecule has 1 N–H and O–H groups in total. The van der Waals surface area contributed by atoms with Crippen LogP contribution < -0.4 is 5.48 Å². The Bertz CT molecular complexity index is 499. The number of allylic oxidation sites excluding steroid dienone is 4. The second-order valence-corrected chi connectivity index (χ2v) is 6.36. The number of carbonyl (C=O) groups excluding carboxylic acids is 2. The molecule has 0 aromatic rings. The number of hydrogen-bond donors (Lipinski definition) is 1. The molecule has 0 radical (unpaired) electrons. The molecular weight excluding hydrogens is 290 g/mol. The Morgan fingerprint density at radius 2 is 2.04 bits per heavy atom. The van der Waals surface area contributed by atoms with Gasteiger partial charge in [-0.3, -0.25) is 19.9 Å². The molecule has 0 heterocycles. The van der Waals surface area contributed by atoms with Crippen LogP contribution in [0.2, 0.25) is 0 Å². The van der Waals surface area contributed by atoms with Crippen molar-refractivity contribution in [3.05, 3.63) is 36.1 Å². The maximum atomic E-state index is 12.6. The van der Waals surface area contributed by atoms with E-state index in [2.05, 4.69) is 24.2 Å². The van der Waals surface area contributed by atoms with E-state index < -0.39 is 0 Å². The minimum atomic E-state index is -0.0287. The number of rotatable bonds is 7. The van der Waals surface area contributed by atoms with E-state index in [0.717, 1.165) is 25.7 Å². The molecule has 1 saturated carbocycles. The van der Waals surface area contributed by atoms with E-state index in [0.29, 0.717) is 43.1 Å². The maximum absolute atomic E-state index is 12.6. The third-order valence-electron chi connectivity index (χ3n) is 4.63. The first-order valence-corrected chi connectivity index (χ1v) is 8.60. The third-order valence-corrected chi connectivity index (χ3v) is 4.63. The van der Waals surface area contributed by atoms with E-state index in [1.807, 2.05) is 6.92 Å². The molecule has 1 fully saturated rings. The molecule has 0 spiro atoms. The molecule has 1 atom stereocenters. The van der Waals surface area contributed by atoms with Crippen LogP contribution in [0.4, 0.5) is 0 Å². The van der Waals surface area contributed by atoms with Gasteiger partial charge in [0.15, 0.2) is 11.6 Å². The van der Waals surface area contributed by atoms with Gasteiger partial charge in [0.1, 0.15) is 0 Å². The molecule has 0 saturated heterocycles. The van der Waals surface area contributed by atoms with E-state index in [1.54, 1.807) is 6.08 Å². The van der Waals surface area contributed by atoms with Crippen molar-refractivity contribution in [2.24, 2.45) is 11.8 Å². The summed E-state index contributed by atoms with van der Waals surface area (Å²) in [4.78, 5) is 30.4. The summed E-state index contributed by atoms with van der Waals surface area (Å²) < 4.78 is 0. The fraction of sp³-hybridized carbons (Fsp3) is 0.579. The summed E-state index contributed by atoms with van der Waals surface area (Å²) in [6.07, 6.45) is 11.6. The normalized spacial score (nSPS) is 24.7. The van der Waals surface area contributed by atoms with Crippen molar-refractivity contribution in [3.63, 3.8) is 0 Å². The van der Waals surface area contributed by atoms with Crippen molar-refractivity contribution in [1.82, 2.24) is 5.48 Å². The lowest BCUT2D eigenvalue weighted by Crippen LogP contribution is -2.33. The van der Waals surface area contributed by atoms with E-state index in [1.165, 1.54) is 0 Å². The van der Waals surface area contributed by atoms with E-state index in [4.69, 9.17) is 4.84 Å². The second-order valence-electron chi connectivity index (χ2n) is 6.36. The first kappa shape index (κ1) is 17.7. The Hall–Kier alpha value is -1.68. The van der Waals surface area contributed by atoms with E-state index in [9.17, 15) is 9.59 Å². The van der Waals surface area contributed by atoms with Crippen LogP contribution in [0.15, 0.2) is 36.1 Å². The van der Waals surface area contributed by atoms with Crippen LogP contribution in [0.1, 0.15) is 51.9 Å². The standard InChI is InChI=1S/C19H27NO3/c1-3-8-16(20-23-11-4-2)19-17(21)12-15(13-18(19)22)14-9-6-5-7-10-14/h4-6,14-15,20H,2-3,7-13H2,1H3. The Morgan fingerprint density at radius 1 is 1.30 bits per heavy atom. The van der Waals surface area contributed by atoms with Crippen LogP contribution in [0.3, 0.4) is 0 Å². The average molecular weight is 317 g/mol. The summed E-state index contributed by atoms with van der Waals surface area (Å²) >= 11 is 0. The van der Waals surface area contributed by atoms with E-state index in [-0.39, 0.29) is 17.5 Å². The summed E-state index contributed by atoms with van der Waals surface area (Å²) in [6.45, 7) is 5.94. The van der Waals surface area contributed by atoms with Gasteiger partial charge in [-0.25, -0.2) is 0 Å². The molecule has 0 bridgehead atoms. The number of hydroxylamine groups is 1. The Morgan fingerprint density at radius 3 is 2.61 bits per heavy atom. The van der Waals surface area contributed by atoms with Gasteiger partial charge in [-0.15, -0.1) is 6.58 Å². The Kier molecular flexibility index (Phi) is 6.78. The quantitative estimate of drug-likeness (QED) is 0.256. The predicted octanol–water partition coefficient (Wildman–Crippen LogP) is 3.65. The lowest BCUT2D eigenvalue weighted by molar-refractivity contribution is -0.126. The molecule has 1 unspecified atom stereocenters. The van der Waals surface area contributed by atoms with Crippen molar-refractivity contribution in [2.45, 2.75) is 51.9 Å². The summed E-state index contributed by atoms with van der Waals surface area (Å²) in [5.41, 5.74) is 3.76. The first-order valence-electron chi connectivity index (χ1n) is 8.60. The van der Waals surface area contributed by atoms with Gasteiger partial charge in [0, 0.05) is 12.8 Å². The van der Waals surface area contributed by atoms with Gasteiger partial charge in [0.2, 0.25) is 0 Å². The third kappa shape index (κ3) is 4.64. The number of hydrogen-bond acceptors (Lipinski definition) is 4. The minimum absolute atomic E-state index is 0.0287. The van der Waals surface area contributed by atoms with Gasteiger partial charge in [-0.2, -0.15) is 0 Å². The molecular formula is C19H27NO3. The molecule has 126 valence electrons. The molecule has 0 aromatic carbocycles. The number of nitrogens with one attached hydrogen (secondary N) is 1. The smallest absolute Gasteiger partial charge is 0.168 e. The van der Waals surface area contributed by atoms with Crippen LogP contribution >= 0.6 is 0 Å². The van der Waals surface area contributed by atoms with Crippen LogP contribution in [-0.4, -0.2) is 18.2 Å². The lowest BCUT2D eigenvalue weighted by atomic mass is 9.72. The van der Waals surface area contributed by atoms with Gasteiger partial charge in [-0.1, -0.05) is 31.6 Å². The fourth-order valence-corrected chi connectivity index (χ4v) is 3.49. The zero-order valence-corrected chi connectivity index (χ0v) is 14.0. The largest absolute Gasteiger partial charge is 0.294 e. The zero-order chi connectivity index (χ0) is 16.7. The van der Waals surface area contributed by atoms with Gasteiger partial charge >= 0.3 is 0 Å². The molecule has 4 heteroatoms. The Balaban J connectivity index is 2.11. The molecule has 2 rings (SSSR count). The highest BCUT2D eigenvalue weighted by Crippen LogP contribution is 2.36. The molecule has 4 nitrogen and oxygen atoms in total. The van der Waals surface area contributed by atoms with Crippen LogP contribution in [0.25, 0.3) is 0 Å². The van der Waals surface area contributed by atoms with Crippen molar-refractivity contribution in [3.8, 4) is 0 Å². The Labute approximate surface area is 138 Å². The molecule has 0 aliphatic heterocycles. The van der Waals surface area contributed by atoms with Crippen molar-refractivity contribution < 1.29 is 14.4 Å². The lowest BCUT2D eigenvalue weighted by Gasteiger charge is -2.31. The van der Waals surface area contributed by atoms with Crippen molar-refractivity contribution in [1.29, 1.82) is 0 Å².